The van der Waals surface area contributed by atoms with E-state index in [1.165, 1.54) is 30.6 Å². The van der Waals surface area contributed by atoms with Gasteiger partial charge >= 0.3 is 0 Å². The molecule has 25 heavy (non-hydrogen) atoms. The second kappa shape index (κ2) is 9.58. The van der Waals surface area contributed by atoms with E-state index in [0.29, 0.717) is 12.0 Å². The predicted molar refractivity (Wildman–Crippen MR) is 107 cm³/mol. The number of hydrogen-bond donors (Lipinski definition) is 1. The van der Waals surface area contributed by atoms with Crippen LogP contribution in [0.3, 0.4) is 0 Å². The van der Waals surface area contributed by atoms with Gasteiger partial charge in [0.1, 0.15) is 0 Å². The van der Waals surface area contributed by atoms with E-state index < -0.39 is 0 Å². The topological polar surface area (TPSA) is 36.9 Å². The number of nitrogens with one attached hydrogen (secondary N) is 1. The third-order valence-corrected chi connectivity index (χ3v) is 6.69. The van der Waals surface area contributed by atoms with E-state index in [2.05, 4.69) is 39.6 Å². The summed E-state index contributed by atoms with van der Waals surface area (Å²) in [6, 6.07) is 4.34. The van der Waals surface area contributed by atoms with E-state index in [1.54, 1.807) is 0 Å². The van der Waals surface area contributed by atoms with Gasteiger partial charge in [0, 0.05) is 44.1 Å². The van der Waals surface area contributed by atoms with Gasteiger partial charge in [-0.3, -0.25) is 4.99 Å². The Kier molecular flexibility index (Phi) is 7.17. The van der Waals surface area contributed by atoms with Crippen LogP contribution in [0.1, 0.15) is 56.2 Å². The maximum absolute atomic E-state index is 6.19. The van der Waals surface area contributed by atoms with Crippen molar-refractivity contribution in [1.82, 2.24) is 10.2 Å². The lowest BCUT2D eigenvalue weighted by molar-refractivity contribution is 0.00102. The highest BCUT2D eigenvalue weighted by Gasteiger charge is 2.24. The normalized spacial score (nSPS) is 21.7. The molecule has 5 heteroatoms. The Morgan fingerprint density at radius 1 is 1.32 bits per heavy atom. The van der Waals surface area contributed by atoms with E-state index in [9.17, 15) is 0 Å². The Labute approximate surface area is 156 Å². The zero-order valence-electron chi connectivity index (χ0n) is 15.7. The quantitative estimate of drug-likeness (QED) is 0.611. The number of piperidine rings is 1. The summed E-state index contributed by atoms with van der Waals surface area (Å²) >= 11 is 1.83. The zero-order chi connectivity index (χ0) is 17.5. The molecule has 140 valence electrons. The predicted octanol–water partition coefficient (Wildman–Crippen LogP) is 4.10. The van der Waals surface area contributed by atoms with Crippen LogP contribution < -0.4 is 5.32 Å². The number of ether oxygens (including phenoxy) is 1. The number of hydrogen-bond acceptors (Lipinski definition) is 3. The van der Waals surface area contributed by atoms with Crippen LogP contribution in [-0.2, 0) is 4.74 Å². The van der Waals surface area contributed by atoms with Gasteiger partial charge in [-0.15, -0.1) is 11.3 Å². The maximum atomic E-state index is 6.19. The molecule has 0 radical (unpaired) electrons. The fourth-order valence-corrected chi connectivity index (χ4v) is 4.72. The summed E-state index contributed by atoms with van der Waals surface area (Å²) in [7, 11) is 1.89. The first kappa shape index (κ1) is 18.7. The molecule has 1 aliphatic carbocycles. The van der Waals surface area contributed by atoms with Crippen molar-refractivity contribution < 1.29 is 4.74 Å². The van der Waals surface area contributed by atoms with Crippen LogP contribution in [0.2, 0.25) is 0 Å². The molecule has 4 nitrogen and oxygen atoms in total. The molecular formula is C20H33N3OS. The van der Waals surface area contributed by atoms with Crippen molar-refractivity contribution >= 4 is 17.3 Å². The van der Waals surface area contributed by atoms with E-state index in [4.69, 9.17) is 4.74 Å². The average molecular weight is 364 g/mol. The molecule has 2 fully saturated rings. The summed E-state index contributed by atoms with van der Waals surface area (Å²) in [5.74, 6) is 2.38. The van der Waals surface area contributed by atoms with Crippen LogP contribution in [0.25, 0.3) is 0 Å². The SMILES string of the molecule is CN=C(NCC(C)c1cccs1)N1CCC(OCC2CCCC2)CC1. The number of likely N-dealkylation sites (tertiary alicyclic amines) is 1. The Balaban J connectivity index is 1.38. The van der Waals surface area contributed by atoms with Crippen molar-refractivity contribution in [3.05, 3.63) is 22.4 Å². The lowest BCUT2D eigenvalue weighted by Crippen LogP contribution is -2.47. The summed E-state index contributed by atoms with van der Waals surface area (Å²) < 4.78 is 6.19. The minimum atomic E-state index is 0.444. The molecule has 2 aliphatic rings. The Morgan fingerprint density at radius 2 is 2.08 bits per heavy atom. The van der Waals surface area contributed by atoms with Crippen molar-refractivity contribution in [2.45, 2.75) is 57.5 Å². The fraction of sp³-hybridized carbons (Fsp3) is 0.750. The van der Waals surface area contributed by atoms with Crippen molar-refractivity contribution in [3.8, 4) is 0 Å². The second-order valence-electron chi connectivity index (χ2n) is 7.51. The zero-order valence-corrected chi connectivity index (χ0v) is 16.6. The molecule has 2 heterocycles. The van der Waals surface area contributed by atoms with Crippen LogP contribution in [0, 0.1) is 5.92 Å². The van der Waals surface area contributed by atoms with Gasteiger partial charge in [0.25, 0.3) is 0 Å². The van der Waals surface area contributed by atoms with Gasteiger partial charge in [-0.1, -0.05) is 25.8 Å². The van der Waals surface area contributed by atoms with Gasteiger partial charge in [0.15, 0.2) is 5.96 Å². The van der Waals surface area contributed by atoms with Crippen molar-refractivity contribution in [2.75, 3.05) is 33.3 Å². The smallest absolute Gasteiger partial charge is 0.193 e. The maximum Gasteiger partial charge on any atom is 0.193 e. The van der Waals surface area contributed by atoms with E-state index in [0.717, 1.165) is 51.0 Å². The van der Waals surface area contributed by atoms with E-state index >= 15 is 0 Å². The lowest BCUT2D eigenvalue weighted by atomic mass is 10.1. The Hall–Kier alpha value is -1.07. The van der Waals surface area contributed by atoms with Crippen LogP contribution in [0.5, 0.6) is 0 Å². The van der Waals surface area contributed by atoms with Crippen LogP contribution in [0.4, 0.5) is 0 Å². The molecule has 0 bridgehead atoms. The largest absolute Gasteiger partial charge is 0.378 e. The van der Waals surface area contributed by atoms with Gasteiger partial charge < -0.3 is 15.0 Å². The third-order valence-electron chi connectivity index (χ3n) is 5.59. The first-order chi connectivity index (χ1) is 12.3. The minimum Gasteiger partial charge on any atom is -0.378 e. The summed E-state index contributed by atoms with van der Waals surface area (Å²) in [5.41, 5.74) is 0. The second-order valence-corrected chi connectivity index (χ2v) is 8.49. The molecule has 1 aromatic heterocycles. The van der Waals surface area contributed by atoms with E-state index in [-0.39, 0.29) is 0 Å². The number of aliphatic imine (C=N–C) groups is 1. The van der Waals surface area contributed by atoms with Gasteiger partial charge in [0.05, 0.1) is 6.10 Å². The molecule has 0 amide bonds. The Morgan fingerprint density at radius 3 is 2.72 bits per heavy atom. The third kappa shape index (κ3) is 5.45. The number of thiophene rings is 1. The summed E-state index contributed by atoms with van der Waals surface area (Å²) in [6.07, 6.45) is 8.23. The molecule has 3 rings (SSSR count). The molecular weight excluding hydrogens is 330 g/mol. The van der Waals surface area contributed by atoms with Crippen molar-refractivity contribution in [1.29, 1.82) is 0 Å². The molecule has 1 unspecified atom stereocenters. The van der Waals surface area contributed by atoms with Crippen LogP contribution >= 0.6 is 11.3 Å². The monoisotopic (exact) mass is 363 g/mol. The number of guanidine groups is 1. The molecule has 1 aliphatic heterocycles. The molecule has 1 aromatic rings. The summed E-state index contributed by atoms with van der Waals surface area (Å²) in [5, 5.41) is 5.71. The number of nitrogens with zero attached hydrogens (tertiary/aromatic N) is 2. The molecule has 1 saturated carbocycles. The highest BCUT2D eigenvalue weighted by Crippen LogP contribution is 2.26. The standard InChI is InChI=1S/C20H33N3OS/c1-16(19-8-5-13-25-19)14-22-20(21-2)23-11-9-18(10-12-23)24-15-17-6-3-4-7-17/h5,8,13,16-18H,3-4,6-7,9-12,14-15H2,1-2H3,(H,21,22). The van der Waals surface area contributed by atoms with E-state index in [1.807, 2.05) is 18.4 Å². The molecule has 0 spiro atoms. The summed E-state index contributed by atoms with van der Waals surface area (Å²) in [4.78, 5) is 8.31. The number of rotatable bonds is 6. The minimum absolute atomic E-state index is 0.444. The van der Waals surface area contributed by atoms with Crippen LogP contribution in [0.15, 0.2) is 22.5 Å². The lowest BCUT2D eigenvalue weighted by Gasteiger charge is -2.34. The van der Waals surface area contributed by atoms with Crippen molar-refractivity contribution in [2.24, 2.45) is 10.9 Å². The first-order valence-electron chi connectivity index (χ1n) is 9.87. The molecule has 1 saturated heterocycles. The summed E-state index contributed by atoms with van der Waals surface area (Å²) in [6.45, 7) is 6.28. The van der Waals surface area contributed by atoms with Gasteiger partial charge in [-0.2, -0.15) is 0 Å². The highest BCUT2D eigenvalue weighted by molar-refractivity contribution is 7.10. The highest BCUT2D eigenvalue weighted by atomic mass is 32.1. The molecule has 1 atom stereocenters. The van der Waals surface area contributed by atoms with Crippen LogP contribution in [-0.4, -0.2) is 50.3 Å². The first-order valence-corrected chi connectivity index (χ1v) is 10.7. The Bertz CT molecular complexity index is 517. The fourth-order valence-electron chi connectivity index (χ4n) is 3.93. The van der Waals surface area contributed by atoms with Gasteiger partial charge in [-0.05, 0) is 43.0 Å². The van der Waals surface area contributed by atoms with Crippen molar-refractivity contribution in [3.63, 3.8) is 0 Å². The van der Waals surface area contributed by atoms with Gasteiger partial charge in [0.2, 0.25) is 0 Å². The molecule has 0 aromatic carbocycles. The van der Waals surface area contributed by atoms with Gasteiger partial charge in [-0.25, -0.2) is 0 Å². The average Bonchev–Trinajstić information content (AvgIpc) is 3.35. The molecule has 1 N–H and O–H groups in total.